The molecule has 0 spiro atoms. The Morgan fingerprint density at radius 1 is 1.50 bits per heavy atom. The predicted molar refractivity (Wildman–Crippen MR) is 69.8 cm³/mol. The number of rotatable bonds is 6. The second-order valence-corrected chi connectivity index (χ2v) is 5.03. The van der Waals surface area contributed by atoms with Crippen LogP contribution in [0.15, 0.2) is 29.2 Å². The topological polar surface area (TPSA) is 55.1 Å². The Kier molecular flexibility index (Phi) is 6.07. The molecule has 0 heterocycles. The quantitative estimate of drug-likeness (QED) is 0.784. The summed E-state index contributed by atoms with van der Waals surface area (Å²) in [5.74, 6) is -2.62. The third-order valence-corrected chi connectivity index (χ3v) is 2.87. The van der Waals surface area contributed by atoms with Gasteiger partial charge >= 0.3 is 0 Å². The first-order valence-corrected chi connectivity index (χ1v) is 6.45. The number of carbonyl (C=O) groups is 1. The van der Waals surface area contributed by atoms with Crippen LogP contribution in [0.2, 0.25) is 0 Å². The Hall–Kier alpha value is -1.14. The normalized spacial score (nSPS) is 12.5. The van der Waals surface area contributed by atoms with Crippen molar-refractivity contribution in [3.8, 4) is 0 Å². The minimum atomic E-state index is -2.46. The van der Waals surface area contributed by atoms with Crippen molar-refractivity contribution in [2.75, 3.05) is 5.32 Å². The fourth-order valence-electron chi connectivity index (χ4n) is 1.33. The predicted octanol–water partition coefficient (Wildman–Crippen LogP) is 3.07. The molecular formula is C12H16F2N2OS. The monoisotopic (exact) mass is 274 g/mol. The Balaban J connectivity index is 2.53. The molecule has 1 aromatic carbocycles. The number of anilines is 1. The molecule has 0 aliphatic carbocycles. The lowest BCUT2D eigenvalue weighted by atomic mass is 10.2. The summed E-state index contributed by atoms with van der Waals surface area (Å²) in [6.07, 6.45) is 0.918. The van der Waals surface area contributed by atoms with Crippen LogP contribution < -0.4 is 11.1 Å². The molecule has 6 heteroatoms. The molecular weight excluding hydrogens is 258 g/mol. The Morgan fingerprint density at radius 2 is 2.22 bits per heavy atom. The molecule has 0 fully saturated rings. The molecule has 1 amide bonds. The minimum Gasteiger partial charge on any atom is -0.328 e. The van der Waals surface area contributed by atoms with Crippen molar-refractivity contribution in [1.29, 1.82) is 0 Å². The molecule has 3 N–H and O–H groups in total. The van der Waals surface area contributed by atoms with Gasteiger partial charge in [0.25, 0.3) is 5.76 Å². The number of carbonyl (C=O) groups excluding carboxylic acids is 1. The van der Waals surface area contributed by atoms with E-state index in [2.05, 4.69) is 5.32 Å². The van der Waals surface area contributed by atoms with Crippen LogP contribution in [0.25, 0.3) is 0 Å². The van der Waals surface area contributed by atoms with E-state index >= 15 is 0 Å². The molecule has 3 nitrogen and oxygen atoms in total. The third-order valence-electron chi connectivity index (χ3n) is 2.17. The summed E-state index contributed by atoms with van der Waals surface area (Å²) in [6.45, 7) is 1.83. The van der Waals surface area contributed by atoms with E-state index in [9.17, 15) is 13.6 Å². The first kappa shape index (κ1) is 14.9. The summed E-state index contributed by atoms with van der Waals surface area (Å²) in [4.78, 5) is 12.0. The number of thioether (sulfide) groups is 1. The summed E-state index contributed by atoms with van der Waals surface area (Å²) in [6, 6.07) is 6.37. The fourth-order valence-corrected chi connectivity index (χ4v) is 1.89. The zero-order valence-corrected chi connectivity index (χ0v) is 10.8. The molecule has 0 saturated heterocycles. The second-order valence-electron chi connectivity index (χ2n) is 3.97. The molecule has 18 heavy (non-hydrogen) atoms. The molecule has 0 aliphatic rings. The summed E-state index contributed by atoms with van der Waals surface area (Å²) in [5, 5.41) is 2.66. The van der Waals surface area contributed by atoms with Gasteiger partial charge in [0.2, 0.25) is 5.91 Å². The molecule has 0 aliphatic heterocycles. The van der Waals surface area contributed by atoms with Gasteiger partial charge in [0, 0.05) is 23.0 Å². The summed E-state index contributed by atoms with van der Waals surface area (Å²) in [7, 11) is 0. The van der Waals surface area contributed by atoms with Crippen LogP contribution in [0.4, 0.5) is 14.5 Å². The van der Waals surface area contributed by atoms with Gasteiger partial charge in [-0.15, -0.1) is 0 Å². The van der Waals surface area contributed by atoms with Crippen LogP contribution in [0.5, 0.6) is 0 Å². The number of hydrogen-bond acceptors (Lipinski definition) is 3. The standard InChI is InChI=1S/C12H16F2N2OS/c1-8(15)5-6-11(17)16-9-3-2-4-10(7-9)18-12(13)14/h2-4,7-8,12H,5-6,15H2,1H3,(H,16,17). The van der Waals surface area contributed by atoms with E-state index in [1.54, 1.807) is 18.2 Å². The van der Waals surface area contributed by atoms with Gasteiger partial charge in [-0.2, -0.15) is 8.78 Å². The second kappa shape index (κ2) is 7.33. The Morgan fingerprint density at radius 3 is 2.83 bits per heavy atom. The number of benzene rings is 1. The maximum absolute atomic E-state index is 12.2. The van der Waals surface area contributed by atoms with Gasteiger partial charge in [-0.1, -0.05) is 17.8 Å². The smallest absolute Gasteiger partial charge is 0.288 e. The lowest BCUT2D eigenvalue weighted by Gasteiger charge is -2.08. The molecule has 1 aromatic rings. The van der Waals surface area contributed by atoms with Crippen molar-refractivity contribution in [3.63, 3.8) is 0 Å². The lowest BCUT2D eigenvalue weighted by Crippen LogP contribution is -2.19. The van der Waals surface area contributed by atoms with Crippen molar-refractivity contribution < 1.29 is 13.6 Å². The summed E-state index contributed by atoms with van der Waals surface area (Å²) >= 11 is 0.453. The Labute approximate surface area is 109 Å². The molecule has 1 unspecified atom stereocenters. The van der Waals surface area contributed by atoms with Crippen molar-refractivity contribution in [2.45, 2.75) is 36.5 Å². The van der Waals surface area contributed by atoms with Crippen LogP contribution in [0.1, 0.15) is 19.8 Å². The molecule has 100 valence electrons. The van der Waals surface area contributed by atoms with E-state index < -0.39 is 5.76 Å². The number of amides is 1. The highest BCUT2D eigenvalue weighted by Gasteiger charge is 2.07. The van der Waals surface area contributed by atoms with Gasteiger partial charge in [-0.05, 0) is 31.5 Å². The van der Waals surface area contributed by atoms with Crippen LogP contribution in [0, 0.1) is 0 Å². The molecule has 1 atom stereocenters. The van der Waals surface area contributed by atoms with Crippen LogP contribution >= 0.6 is 11.8 Å². The van der Waals surface area contributed by atoms with Crippen molar-refractivity contribution >= 4 is 23.4 Å². The van der Waals surface area contributed by atoms with Gasteiger partial charge in [-0.25, -0.2) is 0 Å². The summed E-state index contributed by atoms with van der Waals surface area (Å²) < 4.78 is 24.4. The van der Waals surface area contributed by atoms with E-state index in [1.807, 2.05) is 6.92 Å². The molecule has 0 radical (unpaired) electrons. The van der Waals surface area contributed by atoms with Crippen molar-refractivity contribution in [1.82, 2.24) is 0 Å². The number of alkyl halides is 2. The van der Waals surface area contributed by atoms with Gasteiger partial charge in [0.05, 0.1) is 0 Å². The van der Waals surface area contributed by atoms with E-state index in [-0.39, 0.29) is 11.9 Å². The average molecular weight is 274 g/mol. The average Bonchev–Trinajstić information content (AvgIpc) is 2.26. The molecule has 1 rings (SSSR count). The van der Waals surface area contributed by atoms with Crippen molar-refractivity contribution in [2.24, 2.45) is 5.73 Å². The first-order chi connectivity index (χ1) is 8.47. The highest BCUT2D eigenvalue weighted by atomic mass is 32.2. The van der Waals surface area contributed by atoms with Gasteiger partial charge in [0.1, 0.15) is 0 Å². The maximum Gasteiger partial charge on any atom is 0.288 e. The number of hydrogen-bond donors (Lipinski definition) is 2. The number of nitrogens with two attached hydrogens (primary N) is 1. The largest absolute Gasteiger partial charge is 0.328 e. The third kappa shape index (κ3) is 5.97. The van der Waals surface area contributed by atoms with Crippen LogP contribution in [-0.4, -0.2) is 17.7 Å². The highest BCUT2D eigenvalue weighted by Crippen LogP contribution is 2.27. The van der Waals surface area contributed by atoms with Crippen LogP contribution in [0.3, 0.4) is 0 Å². The van der Waals surface area contributed by atoms with Gasteiger partial charge in [-0.3, -0.25) is 4.79 Å². The van der Waals surface area contributed by atoms with E-state index in [0.717, 1.165) is 0 Å². The number of halogens is 2. The number of nitrogens with one attached hydrogen (secondary N) is 1. The highest BCUT2D eigenvalue weighted by molar-refractivity contribution is 7.99. The first-order valence-electron chi connectivity index (χ1n) is 5.57. The maximum atomic E-state index is 12.2. The van der Waals surface area contributed by atoms with Crippen LogP contribution in [-0.2, 0) is 4.79 Å². The zero-order valence-electron chi connectivity index (χ0n) is 10.0. The molecule has 0 bridgehead atoms. The van der Waals surface area contributed by atoms with E-state index in [0.29, 0.717) is 35.2 Å². The van der Waals surface area contributed by atoms with E-state index in [4.69, 9.17) is 5.73 Å². The van der Waals surface area contributed by atoms with Crippen molar-refractivity contribution in [3.05, 3.63) is 24.3 Å². The zero-order chi connectivity index (χ0) is 13.5. The SMILES string of the molecule is CC(N)CCC(=O)Nc1cccc(SC(F)F)c1. The Bertz CT molecular complexity index is 399. The summed E-state index contributed by atoms with van der Waals surface area (Å²) in [5.41, 5.74) is 6.07. The van der Waals surface area contributed by atoms with E-state index in [1.165, 1.54) is 6.07 Å². The minimum absolute atomic E-state index is 0.0310. The van der Waals surface area contributed by atoms with Gasteiger partial charge in [0.15, 0.2) is 0 Å². The molecule has 0 saturated carbocycles. The van der Waals surface area contributed by atoms with Gasteiger partial charge < -0.3 is 11.1 Å². The molecule has 0 aromatic heterocycles. The lowest BCUT2D eigenvalue weighted by molar-refractivity contribution is -0.116. The fraction of sp³-hybridized carbons (Fsp3) is 0.417.